The Hall–Kier alpha value is -1.57. The fourth-order valence-corrected chi connectivity index (χ4v) is 1.69. The molecule has 0 aromatic rings. The SMILES string of the molecule is CC(C)(C)OC(=O)N1CCC(=O)[C@H](CC#N)C1. The lowest BCUT2D eigenvalue weighted by Gasteiger charge is -2.32. The molecule has 17 heavy (non-hydrogen) atoms. The summed E-state index contributed by atoms with van der Waals surface area (Å²) in [6.07, 6.45) is 0.0666. The molecule has 1 saturated heterocycles. The summed E-state index contributed by atoms with van der Waals surface area (Å²) < 4.78 is 5.23. The average Bonchev–Trinajstić information content (AvgIpc) is 2.19. The average molecular weight is 238 g/mol. The molecule has 1 amide bonds. The van der Waals surface area contributed by atoms with Crippen molar-refractivity contribution < 1.29 is 14.3 Å². The highest BCUT2D eigenvalue weighted by Gasteiger charge is 2.31. The first kappa shape index (κ1) is 13.5. The highest BCUT2D eigenvalue weighted by atomic mass is 16.6. The summed E-state index contributed by atoms with van der Waals surface area (Å²) in [6.45, 7) is 6.07. The van der Waals surface area contributed by atoms with Gasteiger partial charge < -0.3 is 9.64 Å². The summed E-state index contributed by atoms with van der Waals surface area (Å²) in [5, 5.41) is 8.61. The van der Waals surface area contributed by atoms with Gasteiger partial charge in [-0.25, -0.2) is 4.79 Å². The van der Waals surface area contributed by atoms with Crippen molar-refractivity contribution in [2.45, 2.75) is 39.2 Å². The van der Waals surface area contributed by atoms with E-state index in [2.05, 4.69) is 0 Å². The van der Waals surface area contributed by atoms with Gasteiger partial charge in [0.2, 0.25) is 0 Å². The van der Waals surface area contributed by atoms with E-state index in [-0.39, 0.29) is 18.1 Å². The molecule has 0 aliphatic carbocycles. The summed E-state index contributed by atoms with van der Waals surface area (Å²) >= 11 is 0. The number of likely N-dealkylation sites (tertiary alicyclic amines) is 1. The molecule has 0 spiro atoms. The van der Waals surface area contributed by atoms with E-state index >= 15 is 0 Å². The lowest BCUT2D eigenvalue weighted by molar-refractivity contribution is -0.125. The van der Waals surface area contributed by atoms with E-state index in [1.54, 1.807) is 20.8 Å². The van der Waals surface area contributed by atoms with Gasteiger partial charge in [0.15, 0.2) is 0 Å². The van der Waals surface area contributed by atoms with Crippen LogP contribution in [0.25, 0.3) is 0 Å². The van der Waals surface area contributed by atoms with Crippen molar-refractivity contribution in [2.75, 3.05) is 13.1 Å². The molecule has 1 aliphatic rings. The maximum atomic E-state index is 11.8. The number of carbonyl (C=O) groups is 2. The van der Waals surface area contributed by atoms with Crippen LogP contribution in [0.2, 0.25) is 0 Å². The van der Waals surface area contributed by atoms with Gasteiger partial charge in [0.05, 0.1) is 6.07 Å². The number of carbonyl (C=O) groups excluding carboxylic acids is 2. The predicted molar refractivity (Wildman–Crippen MR) is 61.2 cm³/mol. The van der Waals surface area contributed by atoms with E-state index in [0.29, 0.717) is 19.5 Å². The molecule has 1 heterocycles. The first-order chi connectivity index (χ1) is 7.83. The molecule has 0 aromatic carbocycles. The summed E-state index contributed by atoms with van der Waals surface area (Å²) in [6, 6.07) is 1.98. The van der Waals surface area contributed by atoms with Crippen molar-refractivity contribution in [1.82, 2.24) is 4.90 Å². The second-order valence-electron chi connectivity index (χ2n) is 5.20. The Morgan fingerprint density at radius 2 is 2.24 bits per heavy atom. The zero-order valence-corrected chi connectivity index (χ0v) is 10.5. The third kappa shape index (κ3) is 4.06. The molecule has 5 nitrogen and oxygen atoms in total. The molecule has 0 radical (unpaired) electrons. The molecule has 1 fully saturated rings. The van der Waals surface area contributed by atoms with Gasteiger partial charge in [0.1, 0.15) is 11.4 Å². The molecule has 94 valence electrons. The molecule has 1 rings (SSSR count). The molecular formula is C12H18N2O3. The molecule has 0 saturated carbocycles. The normalized spacial score (nSPS) is 20.9. The molecule has 1 aliphatic heterocycles. The Balaban J connectivity index is 2.59. The van der Waals surface area contributed by atoms with Crippen LogP contribution in [-0.2, 0) is 9.53 Å². The van der Waals surface area contributed by atoms with Crippen molar-refractivity contribution in [3.8, 4) is 6.07 Å². The monoisotopic (exact) mass is 238 g/mol. The summed E-state index contributed by atoms with van der Waals surface area (Å²) in [7, 11) is 0. The minimum absolute atomic E-state index is 0.0614. The van der Waals surface area contributed by atoms with Crippen molar-refractivity contribution in [2.24, 2.45) is 5.92 Å². The first-order valence-corrected chi connectivity index (χ1v) is 5.71. The minimum atomic E-state index is -0.538. The van der Waals surface area contributed by atoms with E-state index in [9.17, 15) is 9.59 Å². The topological polar surface area (TPSA) is 70.4 Å². The van der Waals surface area contributed by atoms with E-state index in [1.165, 1.54) is 4.90 Å². The Morgan fingerprint density at radius 1 is 1.59 bits per heavy atom. The van der Waals surface area contributed by atoms with Crippen LogP contribution in [0.15, 0.2) is 0 Å². The Kier molecular flexibility index (Phi) is 4.11. The second kappa shape index (κ2) is 5.17. The van der Waals surface area contributed by atoms with Crippen LogP contribution in [0, 0.1) is 17.2 Å². The molecular weight excluding hydrogens is 220 g/mol. The van der Waals surface area contributed by atoms with Gasteiger partial charge in [-0.3, -0.25) is 4.79 Å². The molecule has 5 heteroatoms. The molecule has 1 atom stereocenters. The third-order valence-electron chi connectivity index (χ3n) is 2.51. The maximum absolute atomic E-state index is 11.8. The Labute approximate surface area is 101 Å². The number of piperidine rings is 1. The molecule has 0 bridgehead atoms. The fourth-order valence-electron chi connectivity index (χ4n) is 1.69. The van der Waals surface area contributed by atoms with Crippen LogP contribution in [0.3, 0.4) is 0 Å². The van der Waals surface area contributed by atoms with Gasteiger partial charge in [-0.15, -0.1) is 0 Å². The van der Waals surface area contributed by atoms with Crippen LogP contribution in [0.5, 0.6) is 0 Å². The van der Waals surface area contributed by atoms with Crippen molar-refractivity contribution in [3.05, 3.63) is 0 Å². The lowest BCUT2D eigenvalue weighted by Crippen LogP contribution is -2.46. The van der Waals surface area contributed by atoms with E-state index < -0.39 is 11.7 Å². The summed E-state index contributed by atoms with van der Waals surface area (Å²) in [5.41, 5.74) is -0.538. The molecule has 0 unspecified atom stereocenters. The lowest BCUT2D eigenvalue weighted by atomic mass is 9.94. The first-order valence-electron chi connectivity index (χ1n) is 5.71. The summed E-state index contributed by atoms with van der Waals surface area (Å²) in [4.78, 5) is 24.8. The van der Waals surface area contributed by atoms with Gasteiger partial charge in [0, 0.05) is 31.8 Å². The van der Waals surface area contributed by atoms with Crippen molar-refractivity contribution >= 4 is 11.9 Å². The van der Waals surface area contributed by atoms with Crippen molar-refractivity contribution in [1.29, 1.82) is 5.26 Å². The van der Waals surface area contributed by atoms with Gasteiger partial charge in [-0.2, -0.15) is 5.26 Å². The quantitative estimate of drug-likeness (QED) is 0.697. The van der Waals surface area contributed by atoms with Crippen LogP contribution < -0.4 is 0 Å². The predicted octanol–water partition coefficient (Wildman–Crippen LogP) is 1.73. The standard InChI is InChI=1S/C12H18N2O3/c1-12(2,3)17-11(16)14-7-5-10(15)9(8-14)4-6-13/h9H,4-5,7-8H2,1-3H3/t9-/m1/s1. The third-order valence-corrected chi connectivity index (χ3v) is 2.51. The van der Waals surface area contributed by atoms with Crippen LogP contribution in [0.1, 0.15) is 33.6 Å². The van der Waals surface area contributed by atoms with Crippen LogP contribution in [0.4, 0.5) is 4.79 Å². The number of amides is 1. The number of nitrogens with zero attached hydrogens (tertiary/aromatic N) is 2. The van der Waals surface area contributed by atoms with Crippen LogP contribution in [-0.4, -0.2) is 35.5 Å². The zero-order chi connectivity index (χ0) is 13.1. The second-order valence-corrected chi connectivity index (χ2v) is 5.20. The van der Waals surface area contributed by atoms with Crippen molar-refractivity contribution in [3.63, 3.8) is 0 Å². The molecule has 0 N–H and O–H groups in total. The van der Waals surface area contributed by atoms with E-state index in [0.717, 1.165) is 0 Å². The maximum Gasteiger partial charge on any atom is 0.410 e. The highest BCUT2D eigenvalue weighted by molar-refractivity contribution is 5.84. The van der Waals surface area contributed by atoms with Gasteiger partial charge in [-0.1, -0.05) is 0 Å². The van der Waals surface area contributed by atoms with E-state index in [4.69, 9.17) is 10.00 Å². The van der Waals surface area contributed by atoms with Gasteiger partial charge in [0.25, 0.3) is 0 Å². The number of hydrogen-bond donors (Lipinski definition) is 0. The van der Waals surface area contributed by atoms with Gasteiger partial charge in [-0.05, 0) is 20.8 Å². The smallest absolute Gasteiger partial charge is 0.410 e. The number of ether oxygens (including phenoxy) is 1. The number of hydrogen-bond acceptors (Lipinski definition) is 4. The Morgan fingerprint density at radius 3 is 2.76 bits per heavy atom. The number of rotatable bonds is 1. The van der Waals surface area contributed by atoms with E-state index in [1.807, 2.05) is 6.07 Å². The fraction of sp³-hybridized carbons (Fsp3) is 0.750. The van der Waals surface area contributed by atoms with Gasteiger partial charge >= 0.3 is 6.09 Å². The largest absolute Gasteiger partial charge is 0.444 e. The molecule has 0 aromatic heterocycles. The zero-order valence-electron chi connectivity index (χ0n) is 10.5. The van der Waals surface area contributed by atoms with Crippen LogP contribution >= 0.6 is 0 Å². The highest BCUT2D eigenvalue weighted by Crippen LogP contribution is 2.18. The number of nitriles is 1. The summed E-state index contributed by atoms with van der Waals surface area (Å²) in [5.74, 6) is -0.298. The number of Topliss-reactive ketones (excluding diaryl/α,β-unsaturated/α-hetero) is 1. The minimum Gasteiger partial charge on any atom is -0.444 e. The Bertz CT molecular complexity index is 352. The number of ketones is 1.